The van der Waals surface area contributed by atoms with Crippen molar-refractivity contribution >= 4 is 34.0 Å². The van der Waals surface area contributed by atoms with E-state index in [1.807, 2.05) is 0 Å². The Labute approximate surface area is 124 Å². The lowest BCUT2D eigenvalue weighted by molar-refractivity contribution is 0.0697. The zero-order valence-corrected chi connectivity index (χ0v) is 12.2. The fourth-order valence-electron chi connectivity index (χ4n) is 1.80. The Bertz CT molecular complexity index is 712. The van der Waals surface area contributed by atoms with Gasteiger partial charge in [-0.05, 0) is 37.6 Å². The number of amides is 2. The molecule has 0 aliphatic heterocycles. The number of aromatic carboxylic acids is 1. The maximum Gasteiger partial charge on any atom is 0.338 e. The minimum atomic E-state index is -1.10. The van der Waals surface area contributed by atoms with E-state index in [0.717, 1.165) is 4.88 Å². The lowest BCUT2D eigenvalue weighted by Crippen LogP contribution is -2.20. The lowest BCUT2D eigenvalue weighted by Gasteiger charge is -2.07. The molecule has 110 valence electrons. The Morgan fingerprint density at radius 2 is 1.95 bits per heavy atom. The maximum atomic E-state index is 13.0. The fraction of sp³-hybridized carbons (Fsp3) is 0.143. The van der Waals surface area contributed by atoms with Crippen LogP contribution in [0.2, 0.25) is 0 Å². The summed E-state index contributed by atoms with van der Waals surface area (Å²) < 4.78 is 13.0. The van der Waals surface area contributed by atoms with E-state index in [4.69, 9.17) is 0 Å². The van der Waals surface area contributed by atoms with Crippen molar-refractivity contribution in [1.29, 1.82) is 0 Å². The van der Waals surface area contributed by atoms with Gasteiger partial charge in [0.25, 0.3) is 0 Å². The summed E-state index contributed by atoms with van der Waals surface area (Å²) in [5.74, 6) is -1.57. The van der Waals surface area contributed by atoms with Gasteiger partial charge in [-0.1, -0.05) is 6.07 Å². The van der Waals surface area contributed by atoms with Crippen LogP contribution in [-0.2, 0) is 0 Å². The molecule has 2 amide bonds. The molecule has 7 heteroatoms. The van der Waals surface area contributed by atoms with Gasteiger partial charge in [-0.2, -0.15) is 0 Å². The van der Waals surface area contributed by atoms with Gasteiger partial charge in [0.15, 0.2) is 0 Å². The number of urea groups is 1. The number of anilines is 2. The molecule has 2 aromatic rings. The molecule has 0 aliphatic rings. The first kappa shape index (κ1) is 15.0. The van der Waals surface area contributed by atoms with E-state index in [0.29, 0.717) is 5.56 Å². The third-order valence-electron chi connectivity index (χ3n) is 2.91. The molecule has 1 aromatic carbocycles. The third kappa shape index (κ3) is 3.38. The number of carbonyl (C=O) groups excluding carboxylic acids is 1. The second-order valence-corrected chi connectivity index (χ2v) is 5.61. The quantitative estimate of drug-likeness (QED) is 0.806. The molecule has 0 aliphatic carbocycles. The molecular weight excluding hydrogens is 295 g/mol. The third-order valence-corrected chi connectivity index (χ3v) is 4.03. The molecule has 0 bridgehead atoms. The number of carbonyl (C=O) groups is 2. The van der Waals surface area contributed by atoms with E-state index in [1.165, 1.54) is 35.6 Å². The highest BCUT2D eigenvalue weighted by atomic mass is 32.1. The van der Waals surface area contributed by atoms with Gasteiger partial charge < -0.3 is 10.4 Å². The zero-order valence-electron chi connectivity index (χ0n) is 11.4. The van der Waals surface area contributed by atoms with Crippen molar-refractivity contribution in [2.45, 2.75) is 13.8 Å². The number of carboxylic acid groups (broad SMARTS) is 1. The first-order valence-corrected chi connectivity index (χ1v) is 6.87. The van der Waals surface area contributed by atoms with Gasteiger partial charge in [0.2, 0.25) is 0 Å². The molecule has 0 saturated carbocycles. The van der Waals surface area contributed by atoms with Gasteiger partial charge >= 0.3 is 12.0 Å². The summed E-state index contributed by atoms with van der Waals surface area (Å²) in [4.78, 5) is 23.9. The summed E-state index contributed by atoms with van der Waals surface area (Å²) in [5, 5.41) is 14.4. The highest BCUT2D eigenvalue weighted by Crippen LogP contribution is 2.32. The van der Waals surface area contributed by atoms with E-state index in [9.17, 15) is 19.1 Å². The smallest absolute Gasteiger partial charge is 0.338 e. The number of halogens is 1. The Balaban J connectivity index is 2.17. The van der Waals surface area contributed by atoms with E-state index < -0.39 is 17.8 Å². The average Bonchev–Trinajstić information content (AvgIpc) is 2.64. The molecule has 2 rings (SSSR count). The number of carboxylic acids is 1. The van der Waals surface area contributed by atoms with Crippen LogP contribution in [0.1, 0.15) is 20.8 Å². The van der Waals surface area contributed by atoms with E-state index in [1.54, 1.807) is 13.8 Å². The van der Waals surface area contributed by atoms with Crippen LogP contribution in [0.5, 0.6) is 0 Å². The number of hydrogen-bond donors (Lipinski definition) is 3. The Kier molecular flexibility index (Phi) is 4.23. The van der Waals surface area contributed by atoms with Crippen LogP contribution >= 0.6 is 11.3 Å². The molecule has 1 aromatic heterocycles. The lowest BCUT2D eigenvalue weighted by atomic mass is 10.1. The molecule has 0 atom stereocenters. The van der Waals surface area contributed by atoms with E-state index in [-0.39, 0.29) is 16.3 Å². The minimum Gasteiger partial charge on any atom is -0.478 e. The Hall–Kier alpha value is -2.41. The van der Waals surface area contributed by atoms with Crippen molar-refractivity contribution in [3.63, 3.8) is 0 Å². The van der Waals surface area contributed by atoms with Crippen molar-refractivity contribution in [1.82, 2.24) is 0 Å². The van der Waals surface area contributed by atoms with Gasteiger partial charge in [0.05, 0.1) is 5.56 Å². The molecule has 0 fully saturated rings. The summed E-state index contributed by atoms with van der Waals surface area (Å²) >= 11 is 1.18. The number of rotatable bonds is 3. The predicted octanol–water partition coefficient (Wildman–Crippen LogP) is 3.85. The van der Waals surface area contributed by atoms with Gasteiger partial charge in [0.1, 0.15) is 10.8 Å². The van der Waals surface area contributed by atoms with Crippen molar-refractivity contribution in [2.24, 2.45) is 0 Å². The minimum absolute atomic E-state index is 0.0758. The molecule has 1 heterocycles. The second-order valence-electron chi connectivity index (χ2n) is 4.38. The SMILES string of the molecule is Cc1sc(NC(=O)Nc2cccc(F)c2)c(C(=O)O)c1C. The fourth-order valence-corrected chi connectivity index (χ4v) is 2.85. The normalized spacial score (nSPS) is 10.2. The molecule has 3 N–H and O–H groups in total. The molecular formula is C14H13FN2O3S. The van der Waals surface area contributed by atoms with E-state index in [2.05, 4.69) is 10.6 Å². The number of aryl methyl sites for hydroxylation is 1. The molecule has 5 nitrogen and oxygen atoms in total. The van der Waals surface area contributed by atoms with Gasteiger partial charge in [-0.15, -0.1) is 11.3 Å². The summed E-state index contributed by atoms with van der Waals surface area (Å²) in [7, 11) is 0. The average molecular weight is 308 g/mol. The first-order valence-electron chi connectivity index (χ1n) is 6.05. The van der Waals surface area contributed by atoms with Crippen molar-refractivity contribution in [2.75, 3.05) is 10.6 Å². The summed E-state index contributed by atoms with van der Waals surface area (Å²) in [6, 6.07) is 4.81. The van der Waals surface area contributed by atoms with Gasteiger partial charge in [0, 0.05) is 10.6 Å². The molecule has 0 spiro atoms. The molecule has 0 radical (unpaired) electrons. The highest BCUT2D eigenvalue weighted by Gasteiger charge is 2.20. The number of nitrogens with one attached hydrogen (secondary N) is 2. The van der Waals surface area contributed by atoms with E-state index >= 15 is 0 Å². The van der Waals surface area contributed by atoms with Crippen molar-refractivity contribution in [3.05, 3.63) is 46.1 Å². The zero-order chi connectivity index (χ0) is 15.6. The number of thiophene rings is 1. The Morgan fingerprint density at radius 1 is 1.24 bits per heavy atom. The standard InChI is InChI=1S/C14H13FN2O3S/c1-7-8(2)21-12(11(7)13(18)19)17-14(20)16-10-5-3-4-9(15)6-10/h3-6H,1-2H3,(H,18,19)(H2,16,17,20). The summed E-state index contributed by atoms with van der Waals surface area (Å²) in [6.45, 7) is 3.47. The second kappa shape index (κ2) is 5.92. The van der Waals surface area contributed by atoms with Crippen molar-refractivity contribution in [3.8, 4) is 0 Å². The monoisotopic (exact) mass is 308 g/mol. The van der Waals surface area contributed by atoms with Crippen LogP contribution in [0.3, 0.4) is 0 Å². The topological polar surface area (TPSA) is 78.4 Å². The number of benzene rings is 1. The van der Waals surface area contributed by atoms with Crippen LogP contribution in [-0.4, -0.2) is 17.1 Å². The summed E-state index contributed by atoms with van der Waals surface area (Å²) in [5.41, 5.74) is 0.981. The molecule has 0 saturated heterocycles. The maximum absolute atomic E-state index is 13.0. The van der Waals surface area contributed by atoms with Crippen LogP contribution in [0, 0.1) is 19.7 Å². The van der Waals surface area contributed by atoms with Crippen molar-refractivity contribution < 1.29 is 19.1 Å². The molecule has 21 heavy (non-hydrogen) atoms. The first-order chi connectivity index (χ1) is 9.88. The largest absolute Gasteiger partial charge is 0.478 e. The molecule has 0 unspecified atom stereocenters. The van der Waals surface area contributed by atoms with Gasteiger partial charge in [-0.25, -0.2) is 14.0 Å². The predicted molar refractivity (Wildman–Crippen MR) is 79.8 cm³/mol. The highest BCUT2D eigenvalue weighted by molar-refractivity contribution is 7.16. The van der Waals surface area contributed by atoms with Crippen LogP contribution in [0.25, 0.3) is 0 Å². The van der Waals surface area contributed by atoms with Crippen LogP contribution in [0.15, 0.2) is 24.3 Å². The number of hydrogen-bond acceptors (Lipinski definition) is 3. The van der Waals surface area contributed by atoms with Gasteiger partial charge in [-0.3, -0.25) is 5.32 Å². The van der Waals surface area contributed by atoms with Crippen LogP contribution < -0.4 is 10.6 Å². The Morgan fingerprint density at radius 3 is 2.57 bits per heavy atom. The van der Waals surface area contributed by atoms with Crippen LogP contribution in [0.4, 0.5) is 19.9 Å². The summed E-state index contributed by atoms with van der Waals surface area (Å²) in [6.07, 6.45) is 0.